The number of hydrogen-bond donors (Lipinski definition) is 1. The smallest absolute Gasteiger partial charge is 0.252 e. The third kappa shape index (κ3) is 2.20. The molecule has 0 spiro atoms. The molecule has 0 atom stereocenters. The first-order valence-corrected chi connectivity index (χ1v) is 6.03. The van der Waals surface area contributed by atoms with Gasteiger partial charge in [0.1, 0.15) is 11.6 Å². The number of nitrogen functional groups attached to an aromatic ring is 1. The molecule has 2 aromatic heterocycles. The van der Waals surface area contributed by atoms with Crippen LogP contribution in [0.5, 0.6) is 0 Å². The molecule has 0 aliphatic carbocycles. The second kappa shape index (κ2) is 5.35. The van der Waals surface area contributed by atoms with Gasteiger partial charge in [0.25, 0.3) is 5.95 Å². The topological polar surface area (TPSA) is 96.7 Å². The molecule has 2 aromatic rings. The van der Waals surface area contributed by atoms with Crippen LogP contribution in [0.1, 0.15) is 19.4 Å². The van der Waals surface area contributed by atoms with Crippen LogP contribution in [0.3, 0.4) is 0 Å². The highest BCUT2D eigenvalue weighted by Crippen LogP contribution is 2.25. The van der Waals surface area contributed by atoms with Crippen LogP contribution in [0, 0.1) is 11.3 Å². The minimum Gasteiger partial charge on any atom is -0.382 e. The van der Waals surface area contributed by atoms with Gasteiger partial charge in [-0.05, 0) is 19.9 Å². The predicted molar refractivity (Wildman–Crippen MR) is 71.8 cm³/mol. The average Bonchev–Trinajstić information content (AvgIpc) is 2.78. The van der Waals surface area contributed by atoms with Gasteiger partial charge in [-0.1, -0.05) is 0 Å². The summed E-state index contributed by atoms with van der Waals surface area (Å²) in [6.07, 6.45) is 3.21. The first kappa shape index (κ1) is 12.8. The molecule has 98 valence electrons. The monoisotopic (exact) mass is 257 g/mol. The van der Waals surface area contributed by atoms with E-state index in [4.69, 9.17) is 5.73 Å². The maximum absolute atomic E-state index is 9.25. The zero-order chi connectivity index (χ0) is 13.8. The quantitative estimate of drug-likeness (QED) is 0.876. The van der Waals surface area contributed by atoms with Crippen LogP contribution < -0.4 is 10.6 Å². The molecule has 0 saturated carbocycles. The fraction of sp³-hybridized carbons (Fsp3) is 0.333. The van der Waals surface area contributed by atoms with Crippen molar-refractivity contribution in [1.29, 1.82) is 5.26 Å². The van der Waals surface area contributed by atoms with Gasteiger partial charge in [0.05, 0.1) is 0 Å². The number of aromatic nitrogens is 4. The first-order chi connectivity index (χ1) is 9.22. The molecule has 2 rings (SSSR count). The lowest BCUT2D eigenvalue weighted by Gasteiger charge is -2.17. The molecule has 0 unspecified atom stereocenters. The Morgan fingerprint density at radius 3 is 2.47 bits per heavy atom. The molecular weight excluding hydrogens is 242 g/mol. The number of rotatable bonds is 4. The van der Waals surface area contributed by atoms with Crippen LogP contribution in [-0.2, 0) is 0 Å². The summed E-state index contributed by atoms with van der Waals surface area (Å²) in [4.78, 5) is 10.1. The van der Waals surface area contributed by atoms with E-state index in [2.05, 4.69) is 21.1 Å². The third-order valence-corrected chi connectivity index (χ3v) is 2.82. The van der Waals surface area contributed by atoms with E-state index in [0.29, 0.717) is 17.3 Å². The van der Waals surface area contributed by atoms with E-state index in [-0.39, 0.29) is 5.82 Å². The van der Waals surface area contributed by atoms with Gasteiger partial charge in [-0.3, -0.25) is 0 Å². The van der Waals surface area contributed by atoms with Gasteiger partial charge < -0.3 is 10.6 Å². The highest BCUT2D eigenvalue weighted by molar-refractivity contribution is 5.66. The van der Waals surface area contributed by atoms with Gasteiger partial charge >= 0.3 is 0 Å². The Hall–Kier alpha value is -2.62. The van der Waals surface area contributed by atoms with Crippen molar-refractivity contribution in [2.24, 2.45) is 0 Å². The Morgan fingerprint density at radius 1 is 1.32 bits per heavy atom. The zero-order valence-electron chi connectivity index (χ0n) is 10.9. The lowest BCUT2D eigenvalue weighted by atomic mass is 10.3. The van der Waals surface area contributed by atoms with Crippen molar-refractivity contribution in [3.8, 4) is 12.0 Å². The summed E-state index contributed by atoms with van der Waals surface area (Å²) in [5.74, 6) is 1.18. The van der Waals surface area contributed by atoms with E-state index < -0.39 is 0 Å². The minimum atomic E-state index is 0.260. The van der Waals surface area contributed by atoms with Gasteiger partial charge in [-0.15, -0.1) is 5.10 Å². The Labute approximate surface area is 111 Å². The Balaban J connectivity index is 2.57. The lowest BCUT2D eigenvalue weighted by Crippen LogP contribution is -2.23. The van der Waals surface area contributed by atoms with E-state index in [1.807, 2.05) is 18.7 Å². The molecule has 0 aliphatic heterocycles. The summed E-state index contributed by atoms with van der Waals surface area (Å²) in [5.41, 5.74) is 6.32. The SMILES string of the molecule is CCN(CC)c1nn(-c2ncccn2)c(N)c1C#N. The molecule has 0 fully saturated rings. The van der Waals surface area contributed by atoms with Crippen LogP contribution in [0.2, 0.25) is 0 Å². The van der Waals surface area contributed by atoms with E-state index in [9.17, 15) is 5.26 Å². The molecule has 0 aromatic carbocycles. The summed E-state index contributed by atoms with van der Waals surface area (Å²) in [7, 11) is 0. The lowest BCUT2D eigenvalue weighted by molar-refractivity contribution is 0.780. The second-order valence-electron chi connectivity index (χ2n) is 3.83. The summed E-state index contributed by atoms with van der Waals surface area (Å²) in [6, 6.07) is 3.81. The number of nitriles is 1. The average molecular weight is 257 g/mol. The molecule has 19 heavy (non-hydrogen) atoms. The van der Waals surface area contributed by atoms with E-state index in [0.717, 1.165) is 13.1 Å². The zero-order valence-corrected chi connectivity index (χ0v) is 10.9. The molecule has 2 heterocycles. The van der Waals surface area contributed by atoms with Crippen molar-refractivity contribution in [2.45, 2.75) is 13.8 Å². The molecule has 7 nitrogen and oxygen atoms in total. The van der Waals surface area contributed by atoms with Crippen LogP contribution in [0.25, 0.3) is 5.95 Å². The van der Waals surface area contributed by atoms with Crippen LogP contribution in [0.4, 0.5) is 11.6 Å². The van der Waals surface area contributed by atoms with Crippen molar-refractivity contribution < 1.29 is 0 Å². The van der Waals surface area contributed by atoms with Gasteiger partial charge in [-0.25, -0.2) is 9.97 Å². The van der Waals surface area contributed by atoms with Crippen molar-refractivity contribution >= 4 is 11.6 Å². The van der Waals surface area contributed by atoms with Crippen molar-refractivity contribution in [1.82, 2.24) is 19.7 Å². The normalized spacial score (nSPS) is 10.2. The summed E-state index contributed by atoms with van der Waals surface area (Å²) < 4.78 is 1.40. The van der Waals surface area contributed by atoms with E-state index >= 15 is 0 Å². The molecule has 0 aliphatic rings. The van der Waals surface area contributed by atoms with Gasteiger partial charge in [0, 0.05) is 25.5 Å². The Bertz CT molecular complexity index is 593. The van der Waals surface area contributed by atoms with Crippen LogP contribution >= 0.6 is 0 Å². The number of anilines is 2. The fourth-order valence-electron chi connectivity index (χ4n) is 1.82. The maximum Gasteiger partial charge on any atom is 0.252 e. The predicted octanol–water partition coefficient (Wildman–Crippen LogP) is 0.962. The van der Waals surface area contributed by atoms with Gasteiger partial charge in [-0.2, -0.15) is 9.94 Å². The Kier molecular flexibility index (Phi) is 3.61. The van der Waals surface area contributed by atoms with E-state index in [1.54, 1.807) is 18.5 Å². The van der Waals surface area contributed by atoms with Crippen LogP contribution in [0.15, 0.2) is 18.5 Å². The molecule has 2 N–H and O–H groups in total. The van der Waals surface area contributed by atoms with Crippen molar-refractivity contribution in [2.75, 3.05) is 23.7 Å². The summed E-state index contributed by atoms with van der Waals surface area (Å²) in [6.45, 7) is 5.49. The van der Waals surface area contributed by atoms with Crippen LogP contribution in [-0.4, -0.2) is 32.8 Å². The number of nitrogens with two attached hydrogens (primary N) is 1. The number of hydrogen-bond acceptors (Lipinski definition) is 6. The molecule has 7 heteroatoms. The molecule has 0 amide bonds. The number of nitrogens with zero attached hydrogens (tertiary/aromatic N) is 6. The highest BCUT2D eigenvalue weighted by atomic mass is 15.4. The van der Waals surface area contributed by atoms with Crippen molar-refractivity contribution in [3.63, 3.8) is 0 Å². The standard InChI is InChI=1S/C12H15N7/c1-3-18(4-2)11-9(8-13)10(14)19(17-11)12-15-6-5-7-16-12/h5-7H,3-4,14H2,1-2H3. The van der Waals surface area contributed by atoms with Gasteiger partial charge in [0.2, 0.25) is 0 Å². The molecule has 0 bridgehead atoms. The van der Waals surface area contributed by atoms with Crippen molar-refractivity contribution in [3.05, 3.63) is 24.0 Å². The fourth-order valence-corrected chi connectivity index (χ4v) is 1.82. The van der Waals surface area contributed by atoms with E-state index in [1.165, 1.54) is 4.68 Å². The molecular formula is C12H15N7. The van der Waals surface area contributed by atoms with Gasteiger partial charge in [0.15, 0.2) is 11.6 Å². The molecule has 0 radical (unpaired) electrons. The molecule has 0 saturated heterocycles. The summed E-state index contributed by atoms with van der Waals surface area (Å²) >= 11 is 0. The minimum absolute atomic E-state index is 0.260. The third-order valence-electron chi connectivity index (χ3n) is 2.82. The maximum atomic E-state index is 9.25. The first-order valence-electron chi connectivity index (χ1n) is 6.03. The largest absolute Gasteiger partial charge is 0.382 e. The highest BCUT2D eigenvalue weighted by Gasteiger charge is 2.20. The Morgan fingerprint density at radius 2 is 1.95 bits per heavy atom. The summed E-state index contributed by atoms with van der Waals surface area (Å²) in [5, 5.41) is 13.6. The second-order valence-corrected chi connectivity index (χ2v) is 3.83.